The summed E-state index contributed by atoms with van der Waals surface area (Å²) in [6.45, 7) is 6.07. The summed E-state index contributed by atoms with van der Waals surface area (Å²) in [4.78, 5) is 30.2. The summed E-state index contributed by atoms with van der Waals surface area (Å²) in [6.07, 6.45) is 4.04. The number of hydrogen-bond acceptors (Lipinski definition) is 5. The molecule has 3 fully saturated rings. The number of aromatic nitrogens is 2. The Morgan fingerprint density at radius 2 is 1.58 bits per heavy atom. The number of hydrogen-bond donors (Lipinski definition) is 0. The molecule has 1 aromatic heterocycles. The van der Waals surface area contributed by atoms with Crippen LogP contribution in [0.5, 0.6) is 0 Å². The maximum Gasteiger partial charge on any atom is 0.225 e. The Labute approximate surface area is 154 Å². The van der Waals surface area contributed by atoms with Gasteiger partial charge in [0.25, 0.3) is 0 Å². The average molecular weight is 357 g/mol. The number of rotatable bonds is 3. The summed E-state index contributed by atoms with van der Waals surface area (Å²) < 4.78 is 0. The van der Waals surface area contributed by atoms with Crippen LogP contribution < -0.4 is 4.90 Å². The largest absolute Gasteiger partial charge is 0.352 e. The molecule has 2 saturated heterocycles. The van der Waals surface area contributed by atoms with Crippen molar-refractivity contribution in [1.82, 2.24) is 20.0 Å². The third-order valence-electron chi connectivity index (χ3n) is 5.87. The van der Waals surface area contributed by atoms with Gasteiger partial charge in [-0.1, -0.05) is 0 Å². The number of carbonyl (C=O) groups excluding carboxylic acids is 2. The Hall–Kier alpha value is -2.18. The number of nitrogens with zero attached hydrogens (tertiary/aromatic N) is 5. The summed E-state index contributed by atoms with van der Waals surface area (Å²) in [7, 11) is 0. The van der Waals surface area contributed by atoms with Crippen LogP contribution in [0.4, 0.5) is 5.82 Å². The van der Waals surface area contributed by atoms with E-state index in [1.807, 2.05) is 9.80 Å². The number of piperazine rings is 1. The minimum Gasteiger partial charge on any atom is -0.352 e. The summed E-state index contributed by atoms with van der Waals surface area (Å²) in [5.41, 5.74) is 1.11. The van der Waals surface area contributed by atoms with Crippen LogP contribution in [0.2, 0.25) is 0 Å². The van der Waals surface area contributed by atoms with E-state index in [2.05, 4.69) is 27.2 Å². The van der Waals surface area contributed by atoms with Crippen LogP contribution in [0, 0.1) is 5.92 Å². The monoisotopic (exact) mass is 357 g/mol. The maximum atomic E-state index is 12.8. The zero-order chi connectivity index (χ0) is 18.1. The predicted molar refractivity (Wildman–Crippen MR) is 97.8 cm³/mol. The molecule has 2 aliphatic heterocycles. The van der Waals surface area contributed by atoms with Gasteiger partial charge in [-0.05, 0) is 37.8 Å². The van der Waals surface area contributed by atoms with Gasteiger partial charge in [-0.15, -0.1) is 5.10 Å². The molecular formula is C19H27N5O2. The first kappa shape index (κ1) is 17.2. The fourth-order valence-electron chi connectivity index (χ4n) is 3.96. The molecule has 7 nitrogen and oxygen atoms in total. The van der Waals surface area contributed by atoms with Crippen molar-refractivity contribution in [3.05, 3.63) is 17.8 Å². The highest BCUT2D eigenvalue weighted by Crippen LogP contribution is 2.38. The quantitative estimate of drug-likeness (QED) is 0.815. The highest BCUT2D eigenvalue weighted by Gasteiger charge is 2.31. The van der Waals surface area contributed by atoms with Gasteiger partial charge in [-0.2, -0.15) is 5.10 Å². The molecule has 3 aliphatic rings. The molecule has 140 valence electrons. The summed E-state index contributed by atoms with van der Waals surface area (Å²) in [5, 5.41) is 8.74. The molecule has 0 aromatic carbocycles. The van der Waals surface area contributed by atoms with Gasteiger partial charge in [-0.25, -0.2) is 0 Å². The molecule has 0 radical (unpaired) electrons. The van der Waals surface area contributed by atoms with E-state index in [0.29, 0.717) is 19.0 Å². The van der Waals surface area contributed by atoms with E-state index < -0.39 is 0 Å². The lowest BCUT2D eigenvalue weighted by Crippen LogP contribution is -2.52. The second-order valence-electron chi connectivity index (χ2n) is 7.68. The van der Waals surface area contributed by atoms with Crippen LogP contribution in [-0.2, 0) is 9.59 Å². The van der Waals surface area contributed by atoms with E-state index >= 15 is 0 Å². The van der Waals surface area contributed by atoms with Crippen molar-refractivity contribution in [3.8, 4) is 0 Å². The van der Waals surface area contributed by atoms with Crippen LogP contribution in [0.3, 0.4) is 0 Å². The highest BCUT2D eigenvalue weighted by atomic mass is 16.2. The molecule has 0 bridgehead atoms. The number of anilines is 1. The number of carbonyl (C=O) groups is 2. The predicted octanol–water partition coefficient (Wildman–Crippen LogP) is 1.26. The van der Waals surface area contributed by atoms with E-state index in [1.165, 1.54) is 12.8 Å². The van der Waals surface area contributed by atoms with E-state index in [9.17, 15) is 9.59 Å². The molecule has 3 heterocycles. The topological polar surface area (TPSA) is 69.6 Å². The molecule has 1 aromatic rings. The molecule has 4 rings (SSSR count). The highest BCUT2D eigenvalue weighted by molar-refractivity contribution is 5.80. The molecule has 1 saturated carbocycles. The minimum absolute atomic E-state index is 0.0646. The van der Waals surface area contributed by atoms with Gasteiger partial charge in [0.15, 0.2) is 5.82 Å². The molecule has 0 unspecified atom stereocenters. The number of amides is 2. The Morgan fingerprint density at radius 3 is 2.12 bits per heavy atom. The van der Waals surface area contributed by atoms with E-state index in [-0.39, 0.29) is 17.7 Å². The van der Waals surface area contributed by atoms with Crippen molar-refractivity contribution in [2.45, 2.75) is 38.5 Å². The Balaban J connectivity index is 1.27. The van der Waals surface area contributed by atoms with Crippen LogP contribution in [0.15, 0.2) is 12.1 Å². The normalized spacial score (nSPS) is 21.8. The minimum atomic E-state index is 0.0646. The van der Waals surface area contributed by atoms with E-state index in [1.54, 1.807) is 6.92 Å². The molecule has 0 N–H and O–H groups in total. The van der Waals surface area contributed by atoms with Crippen LogP contribution in [-0.4, -0.2) is 71.1 Å². The van der Waals surface area contributed by atoms with Gasteiger partial charge >= 0.3 is 0 Å². The Kier molecular flexibility index (Phi) is 4.78. The molecule has 0 spiro atoms. The van der Waals surface area contributed by atoms with Gasteiger partial charge in [0.2, 0.25) is 11.8 Å². The van der Waals surface area contributed by atoms with Crippen LogP contribution in [0.1, 0.15) is 44.2 Å². The van der Waals surface area contributed by atoms with E-state index in [0.717, 1.165) is 50.5 Å². The molecule has 0 atom stereocenters. The SMILES string of the molecule is CC(=O)N1CCC(C(=O)N2CCN(c3ccc(C4CC4)nn3)CC2)CC1. The van der Waals surface area contributed by atoms with Gasteiger partial charge in [0.1, 0.15) is 0 Å². The second kappa shape index (κ2) is 7.21. The molecule has 26 heavy (non-hydrogen) atoms. The van der Waals surface area contributed by atoms with Crippen molar-refractivity contribution < 1.29 is 9.59 Å². The molecule has 2 amide bonds. The smallest absolute Gasteiger partial charge is 0.225 e. The first-order valence-corrected chi connectivity index (χ1v) is 9.74. The molecule has 1 aliphatic carbocycles. The third-order valence-corrected chi connectivity index (χ3v) is 5.87. The Bertz CT molecular complexity index is 657. The van der Waals surface area contributed by atoms with Crippen molar-refractivity contribution >= 4 is 17.6 Å². The van der Waals surface area contributed by atoms with E-state index in [4.69, 9.17) is 0 Å². The lowest BCUT2D eigenvalue weighted by Gasteiger charge is -2.38. The van der Waals surface area contributed by atoms with Crippen LogP contribution in [0.25, 0.3) is 0 Å². The fourth-order valence-corrected chi connectivity index (χ4v) is 3.96. The van der Waals surface area contributed by atoms with Crippen molar-refractivity contribution in [2.24, 2.45) is 5.92 Å². The zero-order valence-corrected chi connectivity index (χ0v) is 15.4. The number of piperidine rings is 1. The standard InChI is InChI=1S/C19H27N5O2/c1-14(25)22-8-6-16(7-9-22)19(26)24-12-10-23(11-13-24)18-5-4-17(20-21-18)15-2-3-15/h4-5,15-16H,2-3,6-13H2,1H3. The van der Waals surface area contributed by atoms with Gasteiger partial charge in [0, 0.05) is 58.0 Å². The fraction of sp³-hybridized carbons (Fsp3) is 0.684. The van der Waals surface area contributed by atoms with Gasteiger partial charge in [-0.3, -0.25) is 9.59 Å². The zero-order valence-electron chi connectivity index (χ0n) is 15.4. The van der Waals surface area contributed by atoms with Gasteiger partial charge < -0.3 is 14.7 Å². The number of likely N-dealkylation sites (tertiary alicyclic amines) is 1. The third kappa shape index (κ3) is 3.66. The lowest BCUT2D eigenvalue weighted by molar-refractivity contribution is -0.140. The molecule has 7 heteroatoms. The second-order valence-corrected chi connectivity index (χ2v) is 7.68. The first-order chi connectivity index (χ1) is 12.6. The first-order valence-electron chi connectivity index (χ1n) is 9.74. The van der Waals surface area contributed by atoms with Crippen molar-refractivity contribution in [1.29, 1.82) is 0 Å². The summed E-state index contributed by atoms with van der Waals surface area (Å²) in [5.74, 6) is 1.97. The van der Waals surface area contributed by atoms with Gasteiger partial charge in [0.05, 0.1) is 5.69 Å². The lowest BCUT2D eigenvalue weighted by atomic mass is 9.95. The summed E-state index contributed by atoms with van der Waals surface area (Å²) in [6, 6.07) is 4.16. The van der Waals surface area contributed by atoms with Crippen LogP contribution >= 0.6 is 0 Å². The van der Waals surface area contributed by atoms with Crippen molar-refractivity contribution in [2.75, 3.05) is 44.2 Å². The molecular weight excluding hydrogens is 330 g/mol. The maximum absolute atomic E-state index is 12.8. The van der Waals surface area contributed by atoms with Crippen molar-refractivity contribution in [3.63, 3.8) is 0 Å². The summed E-state index contributed by atoms with van der Waals surface area (Å²) >= 11 is 0. The average Bonchev–Trinajstić information content (AvgIpc) is 3.53. The Morgan fingerprint density at radius 1 is 0.885 bits per heavy atom.